The van der Waals surface area contributed by atoms with Crippen LogP contribution in [-0.2, 0) is 0 Å². The molecule has 6 heteroatoms. The van der Waals surface area contributed by atoms with E-state index in [1.165, 1.54) is 20.2 Å². The Kier molecular flexibility index (Phi) is 4.84. The number of pyridine rings is 1. The molecule has 0 atom stereocenters. The highest BCUT2D eigenvalue weighted by Gasteiger charge is 2.18. The lowest BCUT2D eigenvalue weighted by Gasteiger charge is -2.11. The Morgan fingerprint density at radius 2 is 1.02 bits per heavy atom. The molecule has 9 rings (SSSR count). The van der Waals surface area contributed by atoms with Crippen LogP contribution in [-0.4, -0.2) is 14.1 Å². The SMILES string of the molecule is N#Cc1ccc2sc3cc4c5ccccc5n(-c5cccc(-n6c7ccccc7c7cc(C#N)ccc76)n5)c4cc3c2c1. The van der Waals surface area contributed by atoms with E-state index < -0.39 is 0 Å². The minimum Gasteiger partial charge on any atom is -0.294 e. The summed E-state index contributed by atoms with van der Waals surface area (Å²) >= 11 is 1.76. The van der Waals surface area contributed by atoms with Crippen LogP contribution >= 0.6 is 11.3 Å². The summed E-state index contributed by atoms with van der Waals surface area (Å²) < 4.78 is 6.79. The van der Waals surface area contributed by atoms with Gasteiger partial charge in [0.1, 0.15) is 11.6 Å². The van der Waals surface area contributed by atoms with E-state index >= 15 is 0 Å². The van der Waals surface area contributed by atoms with E-state index in [4.69, 9.17) is 4.98 Å². The minimum absolute atomic E-state index is 0.636. The maximum Gasteiger partial charge on any atom is 0.140 e. The zero-order chi connectivity index (χ0) is 28.7. The molecule has 0 amide bonds. The van der Waals surface area contributed by atoms with Crippen LogP contribution in [0.15, 0.2) is 115 Å². The second-order valence-corrected chi connectivity index (χ2v) is 11.8. The van der Waals surface area contributed by atoms with Crippen molar-refractivity contribution < 1.29 is 0 Å². The van der Waals surface area contributed by atoms with Crippen LogP contribution in [0, 0.1) is 22.7 Å². The molecule has 0 aliphatic rings. The topological polar surface area (TPSA) is 70.3 Å². The lowest BCUT2D eigenvalue weighted by molar-refractivity contribution is 1.01. The molecule has 0 radical (unpaired) electrons. The molecule has 0 N–H and O–H groups in total. The minimum atomic E-state index is 0.636. The Morgan fingerprint density at radius 1 is 0.465 bits per heavy atom. The number of nitriles is 2. The predicted molar refractivity (Wildman–Crippen MR) is 175 cm³/mol. The van der Waals surface area contributed by atoms with Crippen molar-refractivity contribution >= 4 is 75.1 Å². The summed E-state index contributed by atoms with van der Waals surface area (Å²) in [6, 6.07) is 43.7. The van der Waals surface area contributed by atoms with E-state index in [1.54, 1.807) is 11.3 Å². The molecule has 0 aliphatic carbocycles. The van der Waals surface area contributed by atoms with Gasteiger partial charge in [-0.1, -0.05) is 42.5 Å². The van der Waals surface area contributed by atoms with Gasteiger partial charge in [-0.15, -0.1) is 11.3 Å². The van der Waals surface area contributed by atoms with Gasteiger partial charge in [-0.05, 0) is 72.8 Å². The monoisotopic (exact) mass is 565 g/mol. The van der Waals surface area contributed by atoms with E-state index in [-0.39, 0.29) is 0 Å². The fraction of sp³-hybridized carbons (Fsp3) is 0. The lowest BCUT2D eigenvalue weighted by atomic mass is 10.1. The molecule has 0 spiro atoms. The van der Waals surface area contributed by atoms with Gasteiger partial charge in [-0.2, -0.15) is 10.5 Å². The van der Waals surface area contributed by atoms with Gasteiger partial charge in [0, 0.05) is 41.7 Å². The van der Waals surface area contributed by atoms with E-state index in [1.807, 2.05) is 54.6 Å². The Labute approximate surface area is 249 Å². The second kappa shape index (κ2) is 8.77. The van der Waals surface area contributed by atoms with E-state index in [0.717, 1.165) is 55.2 Å². The van der Waals surface area contributed by atoms with Crippen LogP contribution in [0.3, 0.4) is 0 Å². The zero-order valence-corrected chi connectivity index (χ0v) is 23.4. The zero-order valence-electron chi connectivity index (χ0n) is 22.6. The molecule has 0 saturated heterocycles. The molecule has 5 aromatic carbocycles. The highest BCUT2D eigenvalue weighted by molar-refractivity contribution is 7.25. The van der Waals surface area contributed by atoms with E-state index in [2.05, 4.69) is 81.9 Å². The van der Waals surface area contributed by atoms with Crippen molar-refractivity contribution in [3.8, 4) is 23.8 Å². The Hall–Kier alpha value is -5.95. The molecule has 0 aliphatic heterocycles. The summed E-state index contributed by atoms with van der Waals surface area (Å²) in [5.74, 6) is 1.62. The van der Waals surface area contributed by atoms with Gasteiger partial charge in [0.25, 0.3) is 0 Å². The first-order valence-electron chi connectivity index (χ1n) is 13.9. The maximum atomic E-state index is 9.56. The third kappa shape index (κ3) is 3.33. The van der Waals surface area contributed by atoms with Crippen molar-refractivity contribution in [1.29, 1.82) is 10.5 Å². The number of fused-ring (bicyclic) bond motifs is 9. The summed E-state index contributed by atoms with van der Waals surface area (Å²) in [5, 5.41) is 25.8. The Morgan fingerprint density at radius 3 is 1.72 bits per heavy atom. The van der Waals surface area contributed by atoms with Crippen LogP contribution in [0.1, 0.15) is 11.1 Å². The van der Waals surface area contributed by atoms with Gasteiger partial charge in [-0.3, -0.25) is 9.13 Å². The van der Waals surface area contributed by atoms with Gasteiger partial charge in [0.05, 0.1) is 45.3 Å². The van der Waals surface area contributed by atoms with Gasteiger partial charge in [0.15, 0.2) is 0 Å². The van der Waals surface area contributed by atoms with Crippen LogP contribution in [0.25, 0.3) is 75.4 Å². The Balaban J connectivity index is 1.35. The maximum absolute atomic E-state index is 9.56. The first-order chi connectivity index (χ1) is 21.2. The summed E-state index contributed by atoms with van der Waals surface area (Å²) in [7, 11) is 0. The van der Waals surface area contributed by atoms with Gasteiger partial charge < -0.3 is 0 Å². The van der Waals surface area contributed by atoms with Crippen LogP contribution in [0.4, 0.5) is 0 Å². The van der Waals surface area contributed by atoms with Crippen LogP contribution < -0.4 is 0 Å². The molecule has 0 bridgehead atoms. The van der Waals surface area contributed by atoms with Crippen LogP contribution in [0.5, 0.6) is 0 Å². The number of hydrogen-bond acceptors (Lipinski definition) is 4. The molecule has 0 fully saturated rings. The average molecular weight is 566 g/mol. The summed E-state index contributed by atoms with van der Waals surface area (Å²) in [5.41, 5.74) is 5.50. The fourth-order valence-electron chi connectivity index (χ4n) is 6.50. The van der Waals surface area contributed by atoms with Crippen molar-refractivity contribution in [1.82, 2.24) is 14.1 Å². The number of benzene rings is 5. The quantitative estimate of drug-likeness (QED) is 0.210. The predicted octanol–water partition coefficient (Wildman–Crippen LogP) is 9.39. The lowest BCUT2D eigenvalue weighted by Crippen LogP contribution is -2.03. The Bertz CT molecular complexity index is 2710. The van der Waals surface area contributed by atoms with E-state index in [9.17, 15) is 10.5 Å². The fourth-order valence-corrected chi connectivity index (χ4v) is 7.61. The van der Waals surface area contributed by atoms with Crippen molar-refractivity contribution in [3.05, 3.63) is 126 Å². The standard InChI is InChI=1S/C37H19N5S/c38-20-22-12-14-32-26(16-22)24-6-1-3-8-30(24)41(32)36-10-5-11-37(40-36)42-31-9-4-2-7-25(31)27-19-35-29(18-33(27)42)28-17-23(21-39)13-15-34(28)43-35/h1-19H. The first kappa shape index (κ1) is 23.7. The molecular formula is C37H19N5S. The number of rotatable bonds is 2. The summed E-state index contributed by atoms with van der Waals surface area (Å²) in [4.78, 5) is 5.28. The largest absolute Gasteiger partial charge is 0.294 e. The van der Waals surface area contributed by atoms with Crippen LogP contribution in [0.2, 0.25) is 0 Å². The van der Waals surface area contributed by atoms with Crippen molar-refractivity contribution in [2.45, 2.75) is 0 Å². The summed E-state index contributed by atoms with van der Waals surface area (Å²) in [6.07, 6.45) is 0. The molecule has 4 aromatic heterocycles. The molecule has 5 nitrogen and oxygen atoms in total. The molecular weight excluding hydrogens is 547 g/mol. The van der Waals surface area contributed by atoms with Gasteiger partial charge in [-0.25, -0.2) is 4.98 Å². The molecule has 43 heavy (non-hydrogen) atoms. The number of hydrogen-bond donors (Lipinski definition) is 0. The normalized spacial score (nSPS) is 11.7. The molecule has 4 heterocycles. The van der Waals surface area contributed by atoms with E-state index in [0.29, 0.717) is 11.1 Å². The smallest absolute Gasteiger partial charge is 0.140 e. The number of aromatic nitrogens is 3. The third-order valence-corrected chi connectivity index (χ3v) is 9.51. The molecule has 9 aromatic rings. The van der Waals surface area contributed by atoms with Gasteiger partial charge >= 0.3 is 0 Å². The van der Waals surface area contributed by atoms with Gasteiger partial charge in [0.2, 0.25) is 0 Å². The third-order valence-electron chi connectivity index (χ3n) is 8.37. The summed E-state index contributed by atoms with van der Waals surface area (Å²) in [6.45, 7) is 0. The average Bonchev–Trinajstić information content (AvgIpc) is 3.70. The van der Waals surface area contributed by atoms with Crippen molar-refractivity contribution in [3.63, 3.8) is 0 Å². The second-order valence-electron chi connectivity index (χ2n) is 10.7. The number of nitrogens with zero attached hydrogens (tertiary/aromatic N) is 5. The molecule has 0 unspecified atom stereocenters. The molecule has 0 saturated carbocycles. The highest BCUT2D eigenvalue weighted by atomic mass is 32.1. The number of para-hydroxylation sites is 2. The first-order valence-corrected chi connectivity index (χ1v) is 14.7. The van der Waals surface area contributed by atoms with Crippen molar-refractivity contribution in [2.24, 2.45) is 0 Å². The van der Waals surface area contributed by atoms with Crippen molar-refractivity contribution in [2.75, 3.05) is 0 Å². The number of thiophene rings is 1. The molecule has 198 valence electrons. The highest BCUT2D eigenvalue weighted by Crippen LogP contribution is 2.41.